The highest BCUT2D eigenvalue weighted by Crippen LogP contribution is 2.07. The number of carbonyl (C=O) groups is 4. The molecule has 2 fully saturated rings. The predicted octanol–water partition coefficient (Wildman–Crippen LogP) is -0.662. The van der Waals surface area contributed by atoms with Crippen LogP contribution in [0.3, 0.4) is 0 Å². The van der Waals surface area contributed by atoms with Crippen molar-refractivity contribution >= 4 is 23.6 Å². The second-order valence-corrected chi connectivity index (χ2v) is 4.04. The molecule has 4 amide bonds. The van der Waals surface area contributed by atoms with E-state index in [9.17, 15) is 19.2 Å². The van der Waals surface area contributed by atoms with Crippen molar-refractivity contribution < 1.29 is 19.2 Å². The first-order chi connectivity index (χ1) is 7.40. The van der Waals surface area contributed by atoms with Crippen molar-refractivity contribution in [3.05, 3.63) is 0 Å². The number of amides is 4. The summed E-state index contributed by atoms with van der Waals surface area (Å²) in [7, 11) is 0. The predicted molar refractivity (Wildman–Crippen MR) is 53.9 cm³/mol. The Morgan fingerprint density at radius 3 is 1.19 bits per heavy atom. The fraction of sp³-hybridized carbons (Fsp3) is 0.600. The molecule has 0 aromatic heterocycles. The lowest BCUT2D eigenvalue weighted by Gasteiger charge is -1.88. The van der Waals surface area contributed by atoms with Crippen molar-refractivity contribution in [1.29, 1.82) is 0 Å². The standard InChI is InChI=1S/2C5H7NO2/c2*1-3-2-4(7)6-5(3)8/h2*3H,2H2,1H3,(H,6,7,8). The van der Waals surface area contributed by atoms with E-state index in [1.165, 1.54) is 0 Å². The molecule has 6 heteroatoms. The van der Waals surface area contributed by atoms with E-state index in [-0.39, 0.29) is 35.5 Å². The summed E-state index contributed by atoms with van der Waals surface area (Å²) in [5.74, 6) is -0.806. The molecule has 2 unspecified atom stereocenters. The van der Waals surface area contributed by atoms with Crippen molar-refractivity contribution in [2.75, 3.05) is 0 Å². The van der Waals surface area contributed by atoms with Gasteiger partial charge in [0.15, 0.2) is 0 Å². The Kier molecular flexibility index (Phi) is 3.76. The van der Waals surface area contributed by atoms with Crippen molar-refractivity contribution in [2.24, 2.45) is 11.8 Å². The Balaban J connectivity index is 0.000000160. The van der Waals surface area contributed by atoms with E-state index >= 15 is 0 Å². The van der Waals surface area contributed by atoms with Gasteiger partial charge in [-0.25, -0.2) is 0 Å². The second kappa shape index (κ2) is 4.87. The molecule has 0 saturated carbocycles. The minimum Gasteiger partial charge on any atom is -0.296 e. The molecule has 2 atom stereocenters. The molecular formula is C10H14N2O4. The molecule has 2 heterocycles. The van der Waals surface area contributed by atoms with E-state index in [1.807, 2.05) is 0 Å². The molecule has 0 aromatic rings. The molecule has 2 N–H and O–H groups in total. The molecule has 16 heavy (non-hydrogen) atoms. The normalized spacial score (nSPS) is 28.4. The van der Waals surface area contributed by atoms with Gasteiger partial charge in [-0.15, -0.1) is 0 Å². The zero-order chi connectivity index (χ0) is 12.3. The van der Waals surface area contributed by atoms with Crippen LogP contribution in [-0.4, -0.2) is 23.6 Å². The molecule has 6 nitrogen and oxygen atoms in total. The van der Waals surface area contributed by atoms with Gasteiger partial charge in [0, 0.05) is 24.7 Å². The molecule has 2 rings (SSSR count). The Hall–Kier alpha value is -1.72. The first-order valence-corrected chi connectivity index (χ1v) is 5.07. The van der Waals surface area contributed by atoms with Crippen LogP contribution in [-0.2, 0) is 19.2 Å². The Labute approximate surface area is 92.8 Å². The molecule has 0 bridgehead atoms. The topological polar surface area (TPSA) is 92.3 Å². The molecule has 2 aliphatic heterocycles. The summed E-state index contributed by atoms with van der Waals surface area (Å²) in [4.78, 5) is 41.6. The third kappa shape index (κ3) is 3.15. The Bertz CT molecular complexity index is 317. The summed E-state index contributed by atoms with van der Waals surface area (Å²) in [6, 6.07) is 0. The summed E-state index contributed by atoms with van der Waals surface area (Å²) in [6.45, 7) is 3.47. The van der Waals surface area contributed by atoms with E-state index in [2.05, 4.69) is 10.6 Å². The summed E-state index contributed by atoms with van der Waals surface area (Å²) in [5, 5.41) is 4.38. The molecule has 2 saturated heterocycles. The van der Waals surface area contributed by atoms with Crippen molar-refractivity contribution in [1.82, 2.24) is 10.6 Å². The van der Waals surface area contributed by atoms with Gasteiger partial charge in [-0.2, -0.15) is 0 Å². The van der Waals surface area contributed by atoms with Crippen LogP contribution >= 0.6 is 0 Å². The summed E-state index contributed by atoms with van der Waals surface area (Å²) in [6.07, 6.45) is 0.720. The number of hydrogen-bond acceptors (Lipinski definition) is 4. The smallest absolute Gasteiger partial charge is 0.229 e. The average molecular weight is 226 g/mol. The average Bonchev–Trinajstić information content (AvgIpc) is 2.58. The third-order valence-corrected chi connectivity index (χ3v) is 2.40. The van der Waals surface area contributed by atoms with Gasteiger partial charge in [0.2, 0.25) is 23.6 Å². The highest BCUT2D eigenvalue weighted by atomic mass is 16.2. The van der Waals surface area contributed by atoms with Gasteiger partial charge in [0.05, 0.1) is 0 Å². The maximum absolute atomic E-state index is 10.5. The monoisotopic (exact) mass is 226 g/mol. The van der Waals surface area contributed by atoms with Gasteiger partial charge in [-0.3, -0.25) is 29.8 Å². The second-order valence-electron chi connectivity index (χ2n) is 4.04. The first-order valence-electron chi connectivity index (χ1n) is 5.07. The van der Waals surface area contributed by atoms with E-state index in [1.54, 1.807) is 13.8 Å². The van der Waals surface area contributed by atoms with Gasteiger partial charge in [0.1, 0.15) is 0 Å². The van der Waals surface area contributed by atoms with E-state index in [0.29, 0.717) is 12.8 Å². The molecule has 0 aliphatic carbocycles. The molecule has 2 aliphatic rings. The van der Waals surface area contributed by atoms with Crippen molar-refractivity contribution in [3.8, 4) is 0 Å². The quantitative estimate of drug-likeness (QED) is 0.536. The molecule has 0 radical (unpaired) electrons. The van der Waals surface area contributed by atoms with Crippen LogP contribution in [0.5, 0.6) is 0 Å². The van der Waals surface area contributed by atoms with E-state index in [0.717, 1.165) is 0 Å². The molecular weight excluding hydrogens is 212 g/mol. The SMILES string of the molecule is CC1CC(=O)NC1=O.CC1CC(=O)NC1=O. The van der Waals surface area contributed by atoms with Crippen molar-refractivity contribution in [2.45, 2.75) is 26.7 Å². The number of nitrogens with one attached hydrogen (secondary N) is 2. The minimum absolute atomic E-state index is 0.109. The Morgan fingerprint density at radius 2 is 1.12 bits per heavy atom. The van der Waals surface area contributed by atoms with E-state index in [4.69, 9.17) is 0 Å². The van der Waals surface area contributed by atoms with Crippen LogP contribution in [0.2, 0.25) is 0 Å². The molecule has 0 spiro atoms. The minimum atomic E-state index is -0.150. The lowest BCUT2D eigenvalue weighted by atomic mass is 10.1. The molecule has 0 aromatic carbocycles. The Morgan fingerprint density at radius 1 is 0.812 bits per heavy atom. The van der Waals surface area contributed by atoms with Gasteiger partial charge in [-0.1, -0.05) is 13.8 Å². The van der Waals surface area contributed by atoms with Crippen LogP contribution < -0.4 is 10.6 Å². The number of rotatable bonds is 0. The maximum atomic E-state index is 10.5. The fourth-order valence-corrected chi connectivity index (χ4v) is 1.36. The van der Waals surface area contributed by atoms with Gasteiger partial charge >= 0.3 is 0 Å². The lowest BCUT2D eigenvalue weighted by molar-refractivity contribution is -0.127. The van der Waals surface area contributed by atoms with Gasteiger partial charge in [0.25, 0.3) is 0 Å². The number of imide groups is 2. The highest BCUT2D eigenvalue weighted by Gasteiger charge is 2.26. The van der Waals surface area contributed by atoms with Gasteiger partial charge in [-0.05, 0) is 0 Å². The zero-order valence-corrected chi connectivity index (χ0v) is 9.20. The van der Waals surface area contributed by atoms with E-state index < -0.39 is 0 Å². The van der Waals surface area contributed by atoms with Crippen molar-refractivity contribution in [3.63, 3.8) is 0 Å². The first kappa shape index (κ1) is 12.4. The molecule has 88 valence electrons. The van der Waals surface area contributed by atoms with Crippen LogP contribution in [0.1, 0.15) is 26.7 Å². The number of carbonyl (C=O) groups excluding carboxylic acids is 4. The summed E-state index contributed by atoms with van der Waals surface area (Å²) < 4.78 is 0. The van der Waals surface area contributed by atoms with Crippen LogP contribution in [0, 0.1) is 11.8 Å². The maximum Gasteiger partial charge on any atom is 0.229 e. The zero-order valence-electron chi connectivity index (χ0n) is 9.20. The summed E-state index contributed by atoms with van der Waals surface area (Å²) >= 11 is 0. The third-order valence-electron chi connectivity index (χ3n) is 2.40. The van der Waals surface area contributed by atoms with Crippen LogP contribution in [0.25, 0.3) is 0 Å². The number of hydrogen-bond donors (Lipinski definition) is 2. The summed E-state index contributed by atoms with van der Waals surface area (Å²) in [5.41, 5.74) is 0. The lowest BCUT2D eigenvalue weighted by Crippen LogP contribution is -2.20. The van der Waals surface area contributed by atoms with Crippen LogP contribution in [0.15, 0.2) is 0 Å². The highest BCUT2D eigenvalue weighted by molar-refractivity contribution is 6.03. The van der Waals surface area contributed by atoms with Gasteiger partial charge < -0.3 is 0 Å². The largest absolute Gasteiger partial charge is 0.296 e. The van der Waals surface area contributed by atoms with Crippen LogP contribution in [0.4, 0.5) is 0 Å². The fourth-order valence-electron chi connectivity index (χ4n) is 1.36.